The molecule has 0 atom stereocenters. The molecule has 1 aliphatic heterocycles. The van der Waals surface area contributed by atoms with Crippen molar-refractivity contribution in [3.05, 3.63) is 77.9 Å². The predicted octanol–water partition coefficient (Wildman–Crippen LogP) is 4.82. The molecule has 2 amide bonds. The van der Waals surface area contributed by atoms with E-state index in [1.54, 1.807) is 24.3 Å². The van der Waals surface area contributed by atoms with Gasteiger partial charge in [-0.3, -0.25) is 19.1 Å². The smallest absolute Gasteiger partial charge is 0.261 e. The zero-order chi connectivity index (χ0) is 22.9. The molecule has 0 bridgehead atoms. The van der Waals surface area contributed by atoms with Crippen LogP contribution in [0.15, 0.2) is 66.3 Å². The van der Waals surface area contributed by atoms with Crippen LogP contribution in [0.3, 0.4) is 0 Å². The minimum absolute atomic E-state index is 0.0818. The van der Waals surface area contributed by atoms with E-state index in [-0.39, 0.29) is 17.2 Å². The lowest BCUT2D eigenvalue weighted by molar-refractivity contribution is 0.0664. The fraction of sp³-hybridized carbons (Fsp3) is 0.280. The van der Waals surface area contributed by atoms with Crippen molar-refractivity contribution >= 4 is 23.6 Å². The molecule has 3 aromatic rings. The molecular weight excluding hydrogens is 420 g/mol. The Labute approximate surface area is 192 Å². The van der Waals surface area contributed by atoms with Gasteiger partial charge in [0.2, 0.25) is 0 Å². The van der Waals surface area contributed by atoms with Crippen molar-refractivity contribution in [2.75, 3.05) is 12.3 Å². The lowest BCUT2D eigenvalue weighted by Crippen LogP contribution is -2.31. The van der Waals surface area contributed by atoms with Gasteiger partial charge in [-0.25, -0.2) is 0 Å². The third-order valence-corrected chi connectivity index (χ3v) is 6.41. The van der Waals surface area contributed by atoms with Crippen molar-refractivity contribution in [2.24, 2.45) is 0 Å². The van der Waals surface area contributed by atoms with Crippen LogP contribution in [0.5, 0.6) is 0 Å². The van der Waals surface area contributed by atoms with Crippen LogP contribution < -0.4 is 0 Å². The first-order valence-corrected chi connectivity index (χ1v) is 11.5. The van der Waals surface area contributed by atoms with Crippen molar-refractivity contribution in [3.8, 4) is 11.4 Å². The molecule has 0 spiro atoms. The highest BCUT2D eigenvalue weighted by Gasteiger charge is 2.34. The molecule has 0 unspecified atom stereocenters. The van der Waals surface area contributed by atoms with Crippen LogP contribution in [0, 0.1) is 0 Å². The fourth-order valence-electron chi connectivity index (χ4n) is 3.69. The molecule has 1 aromatic heterocycles. The molecular formula is C25H26N4O2S. The van der Waals surface area contributed by atoms with Crippen LogP contribution in [0.1, 0.15) is 47.1 Å². The maximum atomic E-state index is 12.6. The van der Waals surface area contributed by atoms with Gasteiger partial charge < -0.3 is 0 Å². The molecule has 0 saturated carbocycles. The fourth-order valence-corrected chi connectivity index (χ4v) is 4.56. The van der Waals surface area contributed by atoms with Gasteiger partial charge >= 0.3 is 0 Å². The van der Waals surface area contributed by atoms with Crippen molar-refractivity contribution in [2.45, 2.75) is 37.9 Å². The van der Waals surface area contributed by atoms with Crippen molar-refractivity contribution in [1.29, 1.82) is 0 Å². The normalized spacial score (nSPS) is 13.5. The Kier molecular flexibility index (Phi) is 6.02. The SMILES string of the molecule is C=CCn1c(SCCN2C(=O)c3ccccc3C2=O)nnc1-c1ccc(C(C)(C)C)cc1. The topological polar surface area (TPSA) is 68.1 Å². The summed E-state index contributed by atoms with van der Waals surface area (Å²) in [5, 5.41) is 9.50. The first-order valence-electron chi connectivity index (χ1n) is 10.5. The van der Waals surface area contributed by atoms with Crippen molar-refractivity contribution < 1.29 is 9.59 Å². The number of nitrogens with zero attached hydrogens (tertiary/aromatic N) is 4. The van der Waals surface area contributed by atoms with Crippen LogP contribution in [0.25, 0.3) is 11.4 Å². The Morgan fingerprint density at radius 1 is 0.969 bits per heavy atom. The van der Waals surface area contributed by atoms with Gasteiger partial charge in [0.15, 0.2) is 11.0 Å². The summed E-state index contributed by atoms with van der Waals surface area (Å²) in [6, 6.07) is 15.3. The van der Waals surface area contributed by atoms with Crippen molar-refractivity contribution in [3.63, 3.8) is 0 Å². The zero-order valence-electron chi connectivity index (χ0n) is 18.5. The molecule has 2 aromatic carbocycles. The molecule has 164 valence electrons. The first-order chi connectivity index (χ1) is 15.3. The number of imide groups is 1. The molecule has 6 nitrogen and oxygen atoms in total. The molecule has 4 rings (SSSR count). The highest BCUT2D eigenvalue weighted by molar-refractivity contribution is 7.99. The van der Waals surface area contributed by atoms with Crippen LogP contribution >= 0.6 is 11.8 Å². The standard InChI is InChI=1S/C25H26N4O2S/c1-5-14-28-21(17-10-12-18(13-11-17)25(2,3)4)26-27-24(28)32-16-15-29-22(30)19-8-6-7-9-20(19)23(29)31/h5-13H,1,14-16H2,2-4H3. The number of hydrogen-bond acceptors (Lipinski definition) is 5. The summed E-state index contributed by atoms with van der Waals surface area (Å²) in [6.45, 7) is 11.3. The Morgan fingerprint density at radius 2 is 1.59 bits per heavy atom. The quantitative estimate of drug-likeness (QED) is 0.296. The summed E-state index contributed by atoms with van der Waals surface area (Å²) in [5.74, 6) is 0.828. The second-order valence-corrected chi connectivity index (χ2v) is 9.75. The molecule has 2 heterocycles. The van der Waals surface area contributed by atoms with E-state index in [9.17, 15) is 9.59 Å². The second-order valence-electron chi connectivity index (χ2n) is 8.69. The van der Waals surface area contributed by atoms with E-state index < -0.39 is 0 Å². The van der Waals surface area contributed by atoms with E-state index in [1.807, 2.05) is 10.6 Å². The lowest BCUT2D eigenvalue weighted by atomic mass is 9.87. The van der Waals surface area contributed by atoms with Crippen LogP contribution in [0.4, 0.5) is 0 Å². The minimum Gasteiger partial charge on any atom is -0.298 e. The number of aromatic nitrogens is 3. The monoisotopic (exact) mass is 446 g/mol. The summed E-state index contributed by atoms with van der Waals surface area (Å²) >= 11 is 1.48. The number of carbonyl (C=O) groups excluding carboxylic acids is 2. The maximum absolute atomic E-state index is 12.6. The minimum atomic E-state index is -0.238. The number of rotatable bonds is 7. The number of amides is 2. The van der Waals surface area contributed by atoms with Gasteiger partial charge in [-0.15, -0.1) is 16.8 Å². The number of benzene rings is 2. The highest BCUT2D eigenvalue weighted by atomic mass is 32.2. The average molecular weight is 447 g/mol. The Hall–Kier alpha value is -3.19. The largest absolute Gasteiger partial charge is 0.298 e. The van der Waals surface area contributed by atoms with E-state index in [0.29, 0.717) is 30.0 Å². The molecule has 1 aliphatic rings. The van der Waals surface area contributed by atoms with Gasteiger partial charge in [0, 0.05) is 24.4 Å². The highest BCUT2D eigenvalue weighted by Crippen LogP contribution is 2.28. The molecule has 0 radical (unpaired) electrons. The van der Waals surface area contributed by atoms with Crippen molar-refractivity contribution in [1.82, 2.24) is 19.7 Å². The van der Waals surface area contributed by atoms with E-state index >= 15 is 0 Å². The van der Waals surface area contributed by atoms with Crippen LogP contribution in [-0.2, 0) is 12.0 Å². The third kappa shape index (κ3) is 4.12. The van der Waals surface area contributed by atoms with E-state index in [0.717, 1.165) is 16.5 Å². The molecule has 0 N–H and O–H groups in total. The molecule has 0 fully saturated rings. The number of fused-ring (bicyclic) bond motifs is 1. The molecule has 32 heavy (non-hydrogen) atoms. The summed E-state index contributed by atoms with van der Waals surface area (Å²) in [5.41, 5.74) is 3.26. The molecule has 0 saturated heterocycles. The zero-order valence-corrected chi connectivity index (χ0v) is 19.4. The summed E-state index contributed by atoms with van der Waals surface area (Å²) < 4.78 is 2.01. The Balaban J connectivity index is 1.48. The third-order valence-electron chi connectivity index (χ3n) is 5.46. The Morgan fingerprint density at radius 3 is 2.16 bits per heavy atom. The number of hydrogen-bond donors (Lipinski definition) is 0. The first kappa shape index (κ1) is 22.0. The maximum Gasteiger partial charge on any atom is 0.261 e. The van der Waals surface area contributed by atoms with E-state index in [4.69, 9.17) is 0 Å². The van der Waals surface area contributed by atoms with E-state index in [1.165, 1.54) is 22.2 Å². The van der Waals surface area contributed by atoms with Gasteiger partial charge in [-0.05, 0) is 23.1 Å². The predicted molar refractivity (Wildman–Crippen MR) is 127 cm³/mol. The average Bonchev–Trinajstić information content (AvgIpc) is 3.28. The molecule has 0 aliphatic carbocycles. The van der Waals surface area contributed by atoms with Crippen LogP contribution in [-0.4, -0.2) is 43.8 Å². The number of allylic oxidation sites excluding steroid dienone is 1. The summed E-state index contributed by atoms with van der Waals surface area (Å²) in [7, 11) is 0. The van der Waals surface area contributed by atoms with E-state index in [2.05, 4.69) is 61.8 Å². The summed E-state index contributed by atoms with van der Waals surface area (Å²) in [6.07, 6.45) is 1.81. The second kappa shape index (κ2) is 8.74. The van der Waals surface area contributed by atoms with Gasteiger partial charge in [-0.2, -0.15) is 0 Å². The number of thioether (sulfide) groups is 1. The van der Waals surface area contributed by atoms with Gasteiger partial charge in [-0.1, -0.05) is 75.0 Å². The van der Waals surface area contributed by atoms with Gasteiger partial charge in [0.1, 0.15) is 0 Å². The number of carbonyl (C=O) groups is 2. The van der Waals surface area contributed by atoms with Gasteiger partial charge in [0.25, 0.3) is 11.8 Å². The molecule has 7 heteroatoms. The van der Waals surface area contributed by atoms with Gasteiger partial charge in [0.05, 0.1) is 11.1 Å². The Bertz CT molecular complexity index is 1140. The summed E-state index contributed by atoms with van der Waals surface area (Å²) in [4.78, 5) is 26.4. The van der Waals surface area contributed by atoms with Crippen LogP contribution in [0.2, 0.25) is 0 Å². The lowest BCUT2D eigenvalue weighted by Gasteiger charge is -2.19.